The van der Waals surface area contributed by atoms with Crippen molar-refractivity contribution >= 4 is 17.4 Å². The molecular formula is C24H17FN2O3. The van der Waals surface area contributed by atoms with E-state index in [2.05, 4.69) is 10.5 Å². The van der Waals surface area contributed by atoms with Crippen molar-refractivity contribution in [2.24, 2.45) is 0 Å². The van der Waals surface area contributed by atoms with Gasteiger partial charge in [0.25, 0.3) is 5.91 Å². The van der Waals surface area contributed by atoms with E-state index in [1.807, 2.05) is 6.07 Å². The van der Waals surface area contributed by atoms with Crippen LogP contribution in [0.4, 0.5) is 10.1 Å². The number of rotatable bonds is 5. The molecule has 0 fully saturated rings. The minimum Gasteiger partial charge on any atom is -0.360 e. The van der Waals surface area contributed by atoms with Crippen LogP contribution in [0.3, 0.4) is 0 Å². The second-order valence-electron chi connectivity index (χ2n) is 6.70. The summed E-state index contributed by atoms with van der Waals surface area (Å²) in [5, 5.41) is 6.74. The third kappa shape index (κ3) is 3.89. The average molecular weight is 400 g/mol. The maximum Gasteiger partial charge on any atom is 0.261 e. The smallest absolute Gasteiger partial charge is 0.261 e. The molecule has 30 heavy (non-hydrogen) atoms. The van der Waals surface area contributed by atoms with Crippen LogP contribution in [0.5, 0.6) is 0 Å². The Morgan fingerprint density at radius 2 is 1.60 bits per heavy atom. The summed E-state index contributed by atoms with van der Waals surface area (Å²) in [5.74, 6) is -0.620. The monoisotopic (exact) mass is 400 g/mol. The maximum absolute atomic E-state index is 13.2. The summed E-state index contributed by atoms with van der Waals surface area (Å²) in [5.41, 5.74) is 2.62. The molecule has 0 aliphatic heterocycles. The van der Waals surface area contributed by atoms with Gasteiger partial charge in [0.15, 0.2) is 5.78 Å². The molecule has 0 atom stereocenters. The van der Waals surface area contributed by atoms with Gasteiger partial charge in [-0.3, -0.25) is 9.59 Å². The molecule has 0 saturated heterocycles. The number of carbonyl (C=O) groups excluding carboxylic acids is 2. The fourth-order valence-corrected chi connectivity index (χ4v) is 3.13. The third-order valence-electron chi connectivity index (χ3n) is 4.63. The van der Waals surface area contributed by atoms with E-state index in [4.69, 9.17) is 4.52 Å². The summed E-state index contributed by atoms with van der Waals surface area (Å²) < 4.78 is 18.4. The van der Waals surface area contributed by atoms with E-state index >= 15 is 0 Å². The highest BCUT2D eigenvalue weighted by molar-refractivity contribution is 6.11. The van der Waals surface area contributed by atoms with E-state index in [1.54, 1.807) is 55.5 Å². The van der Waals surface area contributed by atoms with Crippen molar-refractivity contribution in [3.05, 3.63) is 107 Å². The predicted octanol–water partition coefficient (Wildman–Crippen LogP) is 5.27. The standard InChI is InChI=1S/C24H17FN2O3/c1-15-21(22(27-30-15)16-10-12-19(25)13-11-16)24(29)26-20-9-5-8-18(14-20)23(28)17-6-3-2-4-7-17/h2-14H,1H3,(H,26,29). The van der Waals surface area contributed by atoms with Gasteiger partial charge in [-0.2, -0.15) is 0 Å². The zero-order valence-corrected chi connectivity index (χ0v) is 16.1. The molecule has 0 bridgehead atoms. The topological polar surface area (TPSA) is 72.2 Å². The van der Waals surface area contributed by atoms with E-state index in [1.165, 1.54) is 24.3 Å². The molecule has 0 aliphatic rings. The van der Waals surface area contributed by atoms with Crippen LogP contribution in [0, 0.1) is 12.7 Å². The fourth-order valence-electron chi connectivity index (χ4n) is 3.13. The van der Waals surface area contributed by atoms with Crippen molar-refractivity contribution in [3.63, 3.8) is 0 Å². The number of ketones is 1. The SMILES string of the molecule is Cc1onc(-c2ccc(F)cc2)c1C(=O)Nc1cccc(C(=O)c2ccccc2)c1. The molecule has 0 unspecified atom stereocenters. The van der Waals surface area contributed by atoms with Gasteiger partial charge in [-0.05, 0) is 43.3 Å². The Hall–Kier alpha value is -4.06. The van der Waals surface area contributed by atoms with Crippen molar-refractivity contribution < 1.29 is 18.5 Å². The van der Waals surface area contributed by atoms with Gasteiger partial charge in [0.05, 0.1) is 0 Å². The molecule has 1 heterocycles. The first-order chi connectivity index (χ1) is 14.5. The van der Waals surface area contributed by atoms with Gasteiger partial charge in [-0.15, -0.1) is 0 Å². The van der Waals surface area contributed by atoms with E-state index in [-0.39, 0.29) is 17.2 Å². The number of amides is 1. The molecule has 1 N–H and O–H groups in total. The van der Waals surface area contributed by atoms with Crippen LogP contribution in [-0.4, -0.2) is 16.8 Å². The summed E-state index contributed by atoms with van der Waals surface area (Å²) in [4.78, 5) is 25.6. The molecule has 6 heteroatoms. The number of nitrogens with zero attached hydrogens (tertiary/aromatic N) is 1. The molecular weight excluding hydrogens is 383 g/mol. The van der Waals surface area contributed by atoms with E-state index in [0.717, 1.165) is 0 Å². The predicted molar refractivity (Wildman–Crippen MR) is 111 cm³/mol. The Bertz CT molecular complexity index is 1210. The molecule has 0 spiro atoms. The van der Waals surface area contributed by atoms with Crippen LogP contribution in [0.2, 0.25) is 0 Å². The number of halogens is 1. The summed E-state index contributed by atoms with van der Waals surface area (Å²) in [6.45, 7) is 1.63. The van der Waals surface area contributed by atoms with Gasteiger partial charge in [0.2, 0.25) is 0 Å². The van der Waals surface area contributed by atoms with Crippen molar-refractivity contribution in [2.45, 2.75) is 6.92 Å². The van der Waals surface area contributed by atoms with Crippen LogP contribution >= 0.6 is 0 Å². The summed E-state index contributed by atoms with van der Waals surface area (Å²) in [6, 6.07) is 21.3. The summed E-state index contributed by atoms with van der Waals surface area (Å²) in [7, 11) is 0. The van der Waals surface area contributed by atoms with Crippen LogP contribution in [0.1, 0.15) is 32.0 Å². The Balaban J connectivity index is 1.60. The Morgan fingerprint density at radius 1 is 0.900 bits per heavy atom. The van der Waals surface area contributed by atoms with Gasteiger partial charge in [0, 0.05) is 22.4 Å². The van der Waals surface area contributed by atoms with Crippen molar-refractivity contribution in [1.82, 2.24) is 5.16 Å². The lowest BCUT2D eigenvalue weighted by Gasteiger charge is -2.08. The molecule has 0 aliphatic carbocycles. The molecule has 3 aromatic carbocycles. The Morgan fingerprint density at radius 3 is 2.33 bits per heavy atom. The molecule has 1 aromatic heterocycles. The first kappa shape index (κ1) is 19.3. The number of carbonyl (C=O) groups is 2. The van der Waals surface area contributed by atoms with Crippen LogP contribution < -0.4 is 5.32 Å². The third-order valence-corrected chi connectivity index (χ3v) is 4.63. The van der Waals surface area contributed by atoms with Gasteiger partial charge in [-0.25, -0.2) is 4.39 Å². The average Bonchev–Trinajstić information content (AvgIpc) is 3.16. The minimum atomic E-state index is -0.433. The maximum atomic E-state index is 13.2. The number of benzene rings is 3. The molecule has 1 amide bonds. The molecule has 148 valence electrons. The van der Waals surface area contributed by atoms with Gasteiger partial charge >= 0.3 is 0 Å². The van der Waals surface area contributed by atoms with E-state index in [9.17, 15) is 14.0 Å². The molecule has 4 aromatic rings. The van der Waals surface area contributed by atoms with Gasteiger partial charge < -0.3 is 9.84 Å². The lowest BCUT2D eigenvalue weighted by atomic mass is 10.0. The number of hydrogen-bond acceptors (Lipinski definition) is 4. The van der Waals surface area contributed by atoms with E-state index < -0.39 is 5.91 Å². The second kappa shape index (κ2) is 8.13. The normalized spacial score (nSPS) is 10.6. The first-order valence-corrected chi connectivity index (χ1v) is 9.26. The van der Waals surface area contributed by atoms with Gasteiger partial charge in [0.1, 0.15) is 22.8 Å². The number of nitrogens with one attached hydrogen (secondary N) is 1. The largest absolute Gasteiger partial charge is 0.360 e. The van der Waals surface area contributed by atoms with Crippen molar-refractivity contribution in [3.8, 4) is 11.3 Å². The highest BCUT2D eigenvalue weighted by Gasteiger charge is 2.22. The molecule has 0 saturated carbocycles. The molecule has 4 rings (SSSR count). The van der Waals surface area contributed by atoms with Gasteiger partial charge in [-0.1, -0.05) is 47.6 Å². The van der Waals surface area contributed by atoms with Crippen molar-refractivity contribution in [2.75, 3.05) is 5.32 Å². The molecule has 0 radical (unpaired) electrons. The summed E-state index contributed by atoms with van der Waals surface area (Å²) in [6.07, 6.45) is 0. The zero-order chi connectivity index (χ0) is 21.1. The summed E-state index contributed by atoms with van der Waals surface area (Å²) >= 11 is 0. The Labute approximate surface area is 172 Å². The first-order valence-electron chi connectivity index (χ1n) is 9.26. The minimum absolute atomic E-state index is 0.139. The number of anilines is 1. The lowest BCUT2D eigenvalue weighted by molar-refractivity contribution is 0.102. The number of aromatic nitrogens is 1. The lowest BCUT2D eigenvalue weighted by Crippen LogP contribution is -2.14. The van der Waals surface area contributed by atoms with Crippen LogP contribution in [-0.2, 0) is 0 Å². The Kier molecular flexibility index (Phi) is 5.22. The number of aryl methyl sites for hydroxylation is 1. The molecule has 5 nitrogen and oxygen atoms in total. The van der Waals surface area contributed by atoms with Crippen molar-refractivity contribution in [1.29, 1.82) is 0 Å². The second-order valence-corrected chi connectivity index (χ2v) is 6.70. The highest BCUT2D eigenvalue weighted by atomic mass is 19.1. The zero-order valence-electron chi connectivity index (χ0n) is 16.1. The quantitative estimate of drug-likeness (QED) is 0.463. The number of hydrogen-bond donors (Lipinski definition) is 1. The van der Waals surface area contributed by atoms with Crippen LogP contribution in [0.15, 0.2) is 83.4 Å². The van der Waals surface area contributed by atoms with Crippen LogP contribution in [0.25, 0.3) is 11.3 Å². The van der Waals surface area contributed by atoms with E-state index in [0.29, 0.717) is 33.8 Å². The fraction of sp³-hybridized carbons (Fsp3) is 0.0417. The highest BCUT2D eigenvalue weighted by Crippen LogP contribution is 2.26.